The third-order valence-electron chi connectivity index (χ3n) is 12.9. The van der Waals surface area contributed by atoms with Gasteiger partial charge in [-0.15, -0.1) is 0 Å². The molecule has 2 aliphatic rings. The maximum Gasteiger partial charge on any atom is 0.140 e. The molecule has 280 valence electrons. The van der Waals surface area contributed by atoms with Crippen molar-refractivity contribution in [1.82, 2.24) is 0 Å². The molecule has 2 heterocycles. The molecule has 0 atom stereocenters. The van der Waals surface area contributed by atoms with Crippen LogP contribution in [0.5, 0.6) is 11.5 Å². The van der Waals surface area contributed by atoms with Crippen molar-refractivity contribution in [3.63, 3.8) is 0 Å². The highest BCUT2D eigenvalue weighted by molar-refractivity contribution is 6.06. The zero-order valence-corrected chi connectivity index (χ0v) is 32.5. The lowest BCUT2D eigenvalue weighted by molar-refractivity contribution is 0.447. The smallest absolute Gasteiger partial charge is 0.140 e. The first-order valence-corrected chi connectivity index (χ1v) is 20.6. The van der Waals surface area contributed by atoms with Crippen LogP contribution in [0.1, 0.15) is 22.3 Å². The average molecular weight is 766 g/mol. The zero-order valence-electron chi connectivity index (χ0n) is 32.5. The summed E-state index contributed by atoms with van der Waals surface area (Å²) in [4.78, 5) is 2.38. The van der Waals surface area contributed by atoms with E-state index in [1.165, 1.54) is 33.4 Å². The SMILES string of the molecule is c1ccc(-c2ccc(N(c3ccc4c(c3)C3(c5ccccc5-4)c4ccc5ccccc5c4Oc4c3ccc3ccccc43)c3ccc4c(c3)oc3ccccc34)cc2)cc1. The second-order valence-corrected chi connectivity index (χ2v) is 16.0. The van der Waals surface area contributed by atoms with Crippen LogP contribution in [0.25, 0.3) is 65.7 Å². The lowest BCUT2D eigenvalue weighted by Crippen LogP contribution is -2.32. The van der Waals surface area contributed by atoms with E-state index in [4.69, 9.17) is 9.15 Å². The van der Waals surface area contributed by atoms with Crippen LogP contribution in [0.4, 0.5) is 17.1 Å². The van der Waals surface area contributed by atoms with E-state index >= 15 is 0 Å². The number of anilines is 3. The Kier molecular flexibility index (Phi) is 6.93. The van der Waals surface area contributed by atoms with Gasteiger partial charge >= 0.3 is 0 Å². The standard InChI is InChI=1S/C57H35NO2/c1-2-12-36(13-3-1)37-22-26-40(27-23-37)58(42-29-31-48-47-19-9-11-21-53(47)59-54(48)35-42)41-28-30-46-45-18-8-10-20-49(45)57(52(46)34-41)50-32-24-38-14-4-6-16-43(38)55(50)60-56-44-17-7-5-15-39(44)25-33-51(56)57/h1-35H. The normalized spacial score (nSPS) is 13.3. The van der Waals surface area contributed by atoms with E-state index in [-0.39, 0.29) is 0 Å². The molecule has 0 radical (unpaired) electrons. The Labute approximate surface area is 347 Å². The third kappa shape index (κ3) is 4.60. The molecule has 1 aliphatic carbocycles. The van der Waals surface area contributed by atoms with Gasteiger partial charge in [0.05, 0.1) is 5.41 Å². The molecular weight excluding hydrogens is 731 g/mol. The summed E-state index contributed by atoms with van der Waals surface area (Å²) in [5, 5.41) is 6.74. The van der Waals surface area contributed by atoms with Gasteiger partial charge < -0.3 is 14.1 Å². The molecule has 1 aliphatic heterocycles. The topological polar surface area (TPSA) is 25.6 Å². The first kappa shape index (κ1) is 33.1. The minimum Gasteiger partial charge on any atom is -0.456 e. The molecule has 0 N–H and O–H groups in total. The summed E-state index contributed by atoms with van der Waals surface area (Å²) in [5.41, 5.74) is 13.8. The maximum atomic E-state index is 7.23. The minimum absolute atomic E-state index is 0.662. The molecule has 1 aromatic heterocycles. The fourth-order valence-corrected chi connectivity index (χ4v) is 10.3. The van der Waals surface area contributed by atoms with Crippen LogP contribution in [0.3, 0.4) is 0 Å². The fourth-order valence-electron chi connectivity index (χ4n) is 10.3. The van der Waals surface area contributed by atoms with E-state index in [1.807, 2.05) is 12.1 Å². The molecule has 1 spiro atoms. The summed E-state index contributed by atoms with van der Waals surface area (Å²) in [7, 11) is 0. The summed E-state index contributed by atoms with van der Waals surface area (Å²) < 4.78 is 13.7. The molecule has 3 nitrogen and oxygen atoms in total. The second kappa shape index (κ2) is 12.6. The predicted molar refractivity (Wildman–Crippen MR) is 246 cm³/mol. The molecule has 10 aromatic carbocycles. The highest BCUT2D eigenvalue weighted by Crippen LogP contribution is 2.64. The quantitative estimate of drug-likeness (QED) is 0.178. The summed E-state index contributed by atoms with van der Waals surface area (Å²) >= 11 is 0. The van der Waals surface area contributed by atoms with Crippen molar-refractivity contribution in [2.75, 3.05) is 4.90 Å². The van der Waals surface area contributed by atoms with E-state index in [9.17, 15) is 0 Å². The lowest BCUT2D eigenvalue weighted by atomic mass is 9.65. The number of hydrogen-bond acceptors (Lipinski definition) is 3. The molecular formula is C57H35NO2. The summed E-state index contributed by atoms with van der Waals surface area (Å²) in [6.07, 6.45) is 0. The third-order valence-corrected chi connectivity index (χ3v) is 12.9. The zero-order chi connectivity index (χ0) is 39.4. The minimum atomic E-state index is -0.662. The van der Waals surface area contributed by atoms with E-state index in [0.29, 0.717) is 0 Å². The van der Waals surface area contributed by atoms with Gasteiger partial charge in [0.25, 0.3) is 0 Å². The van der Waals surface area contributed by atoms with Gasteiger partial charge in [0.1, 0.15) is 22.7 Å². The number of fused-ring (bicyclic) bond motifs is 16. The van der Waals surface area contributed by atoms with E-state index < -0.39 is 5.41 Å². The van der Waals surface area contributed by atoms with Gasteiger partial charge in [-0.2, -0.15) is 0 Å². The van der Waals surface area contributed by atoms with Crippen molar-refractivity contribution >= 4 is 60.5 Å². The molecule has 0 saturated carbocycles. The Morgan fingerprint density at radius 2 is 0.883 bits per heavy atom. The van der Waals surface area contributed by atoms with Crippen LogP contribution in [0.2, 0.25) is 0 Å². The van der Waals surface area contributed by atoms with Crippen molar-refractivity contribution in [2.24, 2.45) is 0 Å². The monoisotopic (exact) mass is 765 g/mol. The number of rotatable bonds is 4. The van der Waals surface area contributed by atoms with Gasteiger partial charge in [0, 0.05) is 55.8 Å². The van der Waals surface area contributed by atoms with Crippen molar-refractivity contribution in [3.05, 3.63) is 235 Å². The van der Waals surface area contributed by atoms with Crippen molar-refractivity contribution in [3.8, 4) is 33.8 Å². The van der Waals surface area contributed by atoms with Gasteiger partial charge in [-0.1, -0.05) is 164 Å². The van der Waals surface area contributed by atoms with Crippen LogP contribution in [-0.2, 0) is 5.41 Å². The highest BCUT2D eigenvalue weighted by atomic mass is 16.5. The summed E-state index contributed by atoms with van der Waals surface area (Å²) in [6.45, 7) is 0. The Bertz CT molecular complexity index is 3440. The molecule has 13 rings (SSSR count). The lowest BCUT2D eigenvalue weighted by Gasteiger charge is -2.40. The Morgan fingerprint density at radius 3 is 1.63 bits per heavy atom. The van der Waals surface area contributed by atoms with Crippen molar-refractivity contribution in [1.29, 1.82) is 0 Å². The average Bonchev–Trinajstić information content (AvgIpc) is 3.83. The highest BCUT2D eigenvalue weighted by Gasteiger charge is 2.52. The van der Waals surface area contributed by atoms with Crippen LogP contribution in [-0.4, -0.2) is 0 Å². The van der Waals surface area contributed by atoms with E-state index in [0.717, 1.165) is 83.2 Å². The Balaban J connectivity index is 1.10. The number of ether oxygens (including phenoxy) is 1. The van der Waals surface area contributed by atoms with Gasteiger partial charge in [-0.05, 0) is 86.6 Å². The van der Waals surface area contributed by atoms with Crippen LogP contribution >= 0.6 is 0 Å². The molecule has 0 saturated heterocycles. The number of nitrogens with zero attached hydrogens (tertiary/aromatic N) is 1. The van der Waals surface area contributed by atoms with Gasteiger partial charge in [-0.3, -0.25) is 0 Å². The Hall–Kier alpha value is -7.88. The molecule has 0 unspecified atom stereocenters. The second-order valence-electron chi connectivity index (χ2n) is 16.0. The predicted octanol–water partition coefficient (Wildman–Crippen LogP) is 15.5. The fraction of sp³-hybridized carbons (Fsp3) is 0.0175. The molecule has 60 heavy (non-hydrogen) atoms. The summed E-state index contributed by atoms with van der Waals surface area (Å²) in [6, 6.07) is 76.8. The van der Waals surface area contributed by atoms with E-state index in [1.54, 1.807) is 0 Å². The Morgan fingerprint density at radius 1 is 0.333 bits per heavy atom. The number of benzene rings is 10. The van der Waals surface area contributed by atoms with E-state index in [2.05, 4.69) is 205 Å². The molecule has 3 heteroatoms. The van der Waals surface area contributed by atoms with Crippen LogP contribution in [0.15, 0.2) is 217 Å². The van der Waals surface area contributed by atoms with Crippen LogP contribution < -0.4 is 9.64 Å². The van der Waals surface area contributed by atoms with Crippen molar-refractivity contribution in [2.45, 2.75) is 5.41 Å². The molecule has 0 bridgehead atoms. The number of furan rings is 1. The number of para-hydroxylation sites is 1. The van der Waals surface area contributed by atoms with Crippen LogP contribution in [0, 0.1) is 0 Å². The van der Waals surface area contributed by atoms with Crippen molar-refractivity contribution < 1.29 is 9.15 Å². The molecule has 0 fully saturated rings. The van der Waals surface area contributed by atoms with Gasteiger partial charge in [-0.25, -0.2) is 0 Å². The van der Waals surface area contributed by atoms with Gasteiger partial charge in [0.2, 0.25) is 0 Å². The first-order chi connectivity index (χ1) is 29.7. The maximum absolute atomic E-state index is 7.23. The van der Waals surface area contributed by atoms with Gasteiger partial charge in [0.15, 0.2) is 0 Å². The molecule has 11 aromatic rings. The summed E-state index contributed by atoms with van der Waals surface area (Å²) in [5.74, 6) is 1.82. The number of hydrogen-bond donors (Lipinski definition) is 0. The first-order valence-electron chi connectivity index (χ1n) is 20.6. The largest absolute Gasteiger partial charge is 0.456 e. The molecule has 0 amide bonds.